The number of carbonyl (C=O) groups excluding carboxylic acids is 3. The summed E-state index contributed by atoms with van der Waals surface area (Å²) < 4.78 is 20.8. The summed E-state index contributed by atoms with van der Waals surface area (Å²) in [6.45, 7) is 4.80. The van der Waals surface area contributed by atoms with Crippen LogP contribution in [0.1, 0.15) is 21.5 Å². The maximum absolute atomic E-state index is 12.5. The second-order valence-corrected chi connectivity index (χ2v) is 8.40. The first-order chi connectivity index (χ1) is 17.3. The lowest BCUT2D eigenvalue weighted by Gasteiger charge is -2.34. The zero-order valence-corrected chi connectivity index (χ0v) is 21.2. The van der Waals surface area contributed by atoms with Gasteiger partial charge >= 0.3 is 5.97 Å². The molecule has 0 radical (unpaired) electrons. The van der Waals surface area contributed by atoms with Crippen molar-refractivity contribution in [3.05, 3.63) is 53.1 Å². The van der Waals surface area contributed by atoms with Gasteiger partial charge in [0.15, 0.2) is 18.1 Å². The quantitative estimate of drug-likeness (QED) is 0.492. The maximum Gasteiger partial charge on any atom is 0.325 e. The van der Waals surface area contributed by atoms with Gasteiger partial charge in [-0.25, -0.2) is 0 Å². The third-order valence-electron chi connectivity index (χ3n) is 5.89. The van der Waals surface area contributed by atoms with Gasteiger partial charge in [0.05, 0.1) is 21.3 Å². The summed E-state index contributed by atoms with van der Waals surface area (Å²) in [7, 11) is 4.34. The Kier molecular flexibility index (Phi) is 9.52. The molecule has 2 aromatic rings. The zero-order chi connectivity index (χ0) is 26.1. The molecular weight excluding hydrogens is 466 g/mol. The minimum absolute atomic E-state index is 0.219. The Labute approximate surface area is 211 Å². The van der Waals surface area contributed by atoms with Crippen molar-refractivity contribution in [3.8, 4) is 17.2 Å². The minimum Gasteiger partial charge on any atom is -0.493 e. The summed E-state index contributed by atoms with van der Waals surface area (Å²) in [5, 5.41) is 2.48. The molecular formula is C26H33N3O7. The first-order valence-corrected chi connectivity index (χ1v) is 11.6. The molecule has 0 atom stereocenters. The summed E-state index contributed by atoms with van der Waals surface area (Å²) in [5.74, 6) is -0.507. The highest BCUT2D eigenvalue weighted by molar-refractivity contribution is 5.97. The van der Waals surface area contributed by atoms with E-state index in [9.17, 15) is 14.4 Å². The molecule has 194 valence electrons. The summed E-state index contributed by atoms with van der Waals surface area (Å²) >= 11 is 0. The number of rotatable bonds is 10. The van der Waals surface area contributed by atoms with Crippen LogP contribution >= 0.6 is 0 Å². The van der Waals surface area contributed by atoms with E-state index in [-0.39, 0.29) is 24.6 Å². The molecule has 2 aromatic carbocycles. The predicted octanol–water partition coefficient (Wildman–Crippen LogP) is 1.64. The highest BCUT2D eigenvalue weighted by Crippen LogP contribution is 2.38. The van der Waals surface area contributed by atoms with Crippen LogP contribution in [-0.4, -0.2) is 88.2 Å². The third-order valence-corrected chi connectivity index (χ3v) is 5.89. The number of piperazine rings is 1. The Hall–Kier alpha value is -3.79. The van der Waals surface area contributed by atoms with Gasteiger partial charge in [-0.15, -0.1) is 0 Å². The molecule has 3 rings (SSSR count). The number of nitrogens with one attached hydrogen (secondary N) is 1. The highest BCUT2D eigenvalue weighted by Gasteiger charge is 2.22. The van der Waals surface area contributed by atoms with E-state index in [0.717, 1.165) is 19.6 Å². The molecule has 1 N–H and O–H groups in total. The Bertz CT molecular complexity index is 1060. The van der Waals surface area contributed by atoms with Gasteiger partial charge in [0, 0.05) is 38.3 Å². The van der Waals surface area contributed by atoms with Crippen LogP contribution in [0.4, 0.5) is 0 Å². The van der Waals surface area contributed by atoms with Gasteiger partial charge in [-0.05, 0) is 24.6 Å². The van der Waals surface area contributed by atoms with Crippen molar-refractivity contribution in [2.45, 2.75) is 13.5 Å². The van der Waals surface area contributed by atoms with E-state index < -0.39 is 11.9 Å². The molecule has 1 aliphatic rings. The molecule has 1 fully saturated rings. The fourth-order valence-electron chi connectivity index (χ4n) is 3.98. The average Bonchev–Trinajstić information content (AvgIpc) is 2.89. The summed E-state index contributed by atoms with van der Waals surface area (Å²) in [5.41, 5.74) is 2.69. The number of esters is 1. The van der Waals surface area contributed by atoms with Gasteiger partial charge in [0.1, 0.15) is 6.54 Å². The summed E-state index contributed by atoms with van der Waals surface area (Å²) in [6, 6.07) is 11.3. The van der Waals surface area contributed by atoms with E-state index in [0.29, 0.717) is 30.3 Å². The van der Waals surface area contributed by atoms with Crippen LogP contribution < -0.4 is 19.5 Å². The molecule has 0 aromatic heterocycles. The highest BCUT2D eigenvalue weighted by atomic mass is 16.5. The number of ether oxygens (including phenoxy) is 4. The van der Waals surface area contributed by atoms with E-state index in [2.05, 4.69) is 35.3 Å². The molecule has 1 aliphatic heterocycles. The summed E-state index contributed by atoms with van der Waals surface area (Å²) in [6.07, 6.45) is 0. The number of carbonyl (C=O) groups is 3. The molecule has 0 saturated carbocycles. The van der Waals surface area contributed by atoms with Crippen LogP contribution in [0.5, 0.6) is 17.2 Å². The minimum atomic E-state index is -0.706. The smallest absolute Gasteiger partial charge is 0.325 e. The first-order valence-electron chi connectivity index (χ1n) is 11.6. The van der Waals surface area contributed by atoms with Crippen molar-refractivity contribution in [3.63, 3.8) is 0 Å². The molecule has 0 aliphatic carbocycles. The Balaban J connectivity index is 1.41. The van der Waals surface area contributed by atoms with E-state index in [1.165, 1.54) is 44.6 Å². The van der Waals surface area contributed by atoms with Crippen molar-refractivity contribution in [1.82, 2.24) is 15.1 Å². The van der Waals surface area contributed by atoms with Crippen LogP contribution in [0.2, 0.25) is 0 Å². The Morgan fingerprint density at radius 3 is 2.17 bits per heavy atom. The van der Waals surface area contributed by atoms with Gasteiger partial charge in [0.25, 0.3) is 11.8 Å². The Morgan fingerprint density at radius 2 is 1.58 bits per heavy atom. The monoisotopic (exact) mass is 499 g/mol. The number of hydrogen-bond acceptors (Lipinski definition) is 8. The van der Waals surface area contributed by atoms with Gasteiger partial charge in [-0.2, -0.15) is 0 Å². The summed E-state index contributed by atoms with van der Waals surface area (Å²) in [4.78, 5) is 41.1. The number of aryl methyl sites for hydroxylation is 1. The molecule has 0 unspecified atom stereocenters. The van der Waals surface area contributed by atoms with Crippen molar-refractivity contribution in [2.24, 2.45) is 0 Å². The molecule has 0 bridgehead atoms. The zero-order valence-electron chi connectivity index (χ0n) is 21.2. The molecule has 1 heterocycles. The van der Waals surface area contributed by atoms with Crippen LogP contribution in [0, 0.1) is 6.92 Å². The fraction of sp³-hybridized carbons (Fsp3) is 0.423. The number of nitrogens with zero attached hydrogens (tertiary/aromatic N) is 2. The molecule has 2 amide bonds. The number of benzene rings is 2. The predicted molar refractivity (Wildman–Crippen MR) is 132 cm³/mol. The topological polar surface area (TPSA) is 107 Å². The Morgan fingerprint density at radius 1 is 0.917 bits per heavy atom. The molecule has 36 heavy (non-hydrogen) atoms. The van der Waals surface area contributed by atoms with Crippen molar-refractivity contribution >= 4 is 17.8 Å². The first kappa shape index (κ1) is 26.8. The number of hydrogen-bond donors (Lipinski definition) is 1. The van der Waals surface area contributed by atoms with Gasteiger partial charge in [-0.1, -0.05) is 29.8 Å². The number of amides is 2. The molecule has 0 spiro atoms. The second-order valence-electron chi connectivity index (χ2n) is 8.40. The van der Waals surface area contributed by atoms with Crippen LogP contribution in [0.15, 0.2) is 36.4 Å². The van der Waals surface area contributed by atoms with E-state index in [1.807, 2.05) is 6.07 Å². The molecule has 10 heteroatoms. The van der Waals surface area contributed by atoms with Crippen molar-refractivity contribution in [1.29, 1.82) is 0 Å². The second kappa shape index (κ2) is 12.8. The van der Waals surface area contributed by atoms with E-state index >= 15 is 0 Å². The fourth-order valence-corrected chi connectivity index (χ4v) is 3.98. The van der Waals surface area contributed by atoms with Crippen molar-refractivity contribution in [2.75, 3.05) is 60.7 Å². The molecule has 1 saturated heterocycles. The van der Waals surface area contributed by atoms with Crippen LogP contribution in [-0.2, 0) is 20.9 Å². The van der Waals surface area contributed by atoms with E-state index in [1.54, 1.807) is 4.90 Å². The van der Waals surface area contributed by atoms with Crippen LogP contribution in [0.3, 0.4) is 0 Å². The average molecular weight is 500 g/mol. The SMILES string of the molecule is COc1cc(C(=O)NCC(=O)OCC(=O)N2CCN(Cc3cccc(C)c3)CC2)cc(OC)c1OC. The van der Waals surface area contributed by atoms with Gasteiger partial charge in [-0.3, -0.25) is 19.3 Å². The standard InChI is InChI=1S/C26H33N3O7/c1-18-6-5-7-19(12-18)16-28-8-10-29(11-9-28)23(30)17-36-24(31)15-27-26(32)20-13-21(33-2)25(35-4)22(14-20)34-3/h5-7,12-14H,8-11,15-17H2,1-4H3,(H,27,32). The number of methoxy groups -OCH3 is 3. The maximum atomic E-state index is 12.5. The van der Waals surface area contributed by atoms with Crippen molar-refractivity contribution < 1.29 is 33.3 Å². The largest absolute Gasteiger partial charge is 0.493 e. The van der Waals surface area contributed by atoms with Gasteiger partial charge < -0.3 is 29.2 Å². The normalized spacial score (nSPS) is 13.6. The third kappa shape index (κ3) is 7.11. The lowest BCUT2D eigenvalue weighted by atomic mass is 10.1. The van der Waals surface area contributed by atoms with Crippen LogP contribution in [0.25, 0.3) is 0 Å². The molecule has 10 nitrogen and oxygen atoms in total. The van der Waals surface area contributed by atoms with E-state index in [4.69, 9.17) is 18.9 Å². The van der Waals surface area contributed by atoms with Gasteiger partial charge in [0.2, 0.25) is 5.75 Å². The lowest BCUT2D eigenvalue weighted by Crippen LogP contribution is -2.49. The lowest BCUT2D eigenvalue weighted by molar-refractivity contribution is -0.151.